The number of aliphatic hydroxyl groups is 9. The van der Waals surface area contributed by atoms with Crippen molar-refractivity contribution in [1.82, 2.24) is 52.6 Å². The van der Waals surface area contributed by atoms with Gasteiger partial charge in [-0.2, -0.15) is 0 Å². The maximum Gasteiger partial charge on any atom is 0.247 e. The van der Waals surface area contributed by atoms with E-state index >= 15 is 28.8 Å². The third-order valence-corrected chi connectivity index (χ3v) is 33.2. The van der Waals surface area contributed by atoms with Gasteiger partial charge in [0.1, 0.15) is 72.5 Å². The zero-order valence-corrected chi connectivity index (χ0v) is 78.1. The largest absolute Gasteiger partial charge is 0.494 e. The van der Waals surface area contributed by atoms with Crippen LogP contribution in [0.5, 0.6) is 23.0 Å². The quantitative estimate of drug-likeness (QED) is 0.0398. The van der Waals surface area contributed by atoms with E-state index in [2.05, 4.69) is 59.5 Å². The van der Waals surface area contributed by atoms with E-state index in [9.17, 15) is 64.0 Å². The fourth-order valence-electron chi connectivity index (χ4n) is 23.8. The molecule has 8 amide bonds. The third-order valence-electron chi connectivity index (χ3n) is 30.8. The molecule has 23 N–H and O–H groups in total. The van der Waals surface area contributed by atoms with E-state index in [0.717, 1.165) is 64.2 Å². The summed E-state index contributed by atoms with van der Waals surface area (Å²) in [6.07, 6.45) is -12.5. The number of likely N-dealkylation sites (N-methyl/N-ethyl adjacent to an activating group) is 1. The number of nitrogens with two attached hydrogens (primary N) is 2. The first-order chi connectivity index (χ1) is 63.0. The van der Waals surface area contributed by atoms with Gasteiger partial charge >= 0.3 is 0 Å². The number of hydrogen-bond acceptors (Lipinski definition) is 28. The van der Waals surface area contributed by atoms with Gasteiger partial charge in [-0.05, 0) is 237 Å². The van der Waals surface area contributed by atoms with Crippen LogP contribution in [0.3, 0.4) is 0 Å². The number of sulfonamides is 1. The summed E-state index contributed by atoms with van der Waals surface area (Å²) in [5.74, 6) is -16.6. The monoisotopic (exact) mass is 1910 g/mol. The van der Waals surface area contributed by atoms with E-state index in [0.29, 0.717) is 24.2 Å². The van der Waals surface area contributed by atoms with E-state index in [1.54, 1.807) is 19.1 Å². The van der Waals surface area contributed by atoms with Crippen molar-refractivity contribution < 1.29 is 121 Å². The molecule has 17 rings (SSSR count). The number of benzene rings is 2. The predicted molar refractivity (Wildman–Crippen MR) is 479 cm³/mol. The Balaban J connectivity index is 0.863. The number of hydrogen-bond donors (Lipinski definition) is 21. The normalized spacial score (nSPS) is 39.8. The lowest BCUT2D eigenvalue weighted by atomic mass is 9.54. The number of carbonyl (C=O) groups is 8. The van der Waals surface area contributed by atoms with Gasteiger partial charge in [0.05, 0.1) is 83.6 Å². The van der Waals surface area contributed by atoms with Gasteiger partial charge in [-0.15, -0.1) is 23.2 Å². The van der Waals surface area contributed by atoms with Crippen molar-refractivity contribution in [1.29, 1.82) is 0 Å². The number of rotatable bonds is 28. The van der Waals surface area contributed by atoms with Gasteiger partial charge in [-0.25, -0.2) is 13.1 Å². The van der Waals surface area contributed by atoms with Crippen molar-refractivity contribution in [2.75, 3.05) is 39.9 Å². The molecule has 2 aromatic rings. The summed E-state index contributed by atoms with van der Waals surface area (Å²) in [6.45, 7) is 6.90. The summed E-state index contributed by atoms with van der Waals surface area (Å²) in [4.78, 5) is 124. The molecule has 2 saturated heterocycles. The van der Waals surface area contributed by atoms with Crippen molar-refractivity contribution >= 4 is 80.5 Å². The first-order valence-electron chi connectivity index (χ1n) is 48.1. The first-order valence-corrected chi connectivity index (χ1v) is 50.4. The fraction of sp³-hybridized carbons (Fsp3) is 0.783. The van der Waals surface area contributed by atoms with Crippen LogP contribution in [-0.2, 0) is 57.9 Å². The summed E-state index contributed by atoms with van der Waals surface area (Å²) in [7, 11) is -2.54. The number of nitrogens with one attached hydrogen (secondary N) is 10. The van der Waals surface area contributed by atoms with E-state index in [1.165, 1.54) is 31.3 Å². The molecule has 0 aromatic heterocycles. The number of ether oxygens (including phenoxy) is 6. The Bertz CT molecular complexity index is 4400. The van der Waals surface area contributed by atoms with Crippen molar-refractivity contribution in [3.8, 4) is 23.0 Å². The molecule has 15 bridgehead atoms. The SMILES string of the molecule is CCCCCCCOc1ccc(S(=O)(=O)NCCNCC2C(O)CC3C(C4C[C@H](CC[C@H]4O)[C@H]4NC(=O)[C@@H]5NC(=O)[C@H](CC(N)=O)NC(=O)[C@H](NC(=O)[C@@H](CC(C)C)NC)[C@H](O)[C@H]6CC[C@@H](Oc7cc5cc(c7O[C@@H]5C[C@H](CO)[C@@H](O)[C@H](O)[C@H]5O[C@H]5C[C@H](N)[C@H](O)[C@H](C)O5)O[C@@H]5CC[C@@H](CC5Cl)[C@@H](O)[C@H](NC4=O)C(=O)N[C@@H]3C(=O)NC3C4CC5CC(C4)CC3C5)[C@H](Cl)C6)[C@H]2O)cc1. The van der Waals surface area contributed by atoms with Gasteiger partial charge in [-0.3, -0.25) is 38.4 Å². The average Bonchev–Trinajstić information content (AvgIpc) is 0.750. The molecule has 37 nitrogen and oxygen atoms in total. The Morgan fingerprint density at radius 2 is 1.27 bits per heavy atom. The van der Waals surface area contributed by atoms with E-state index in [1.807, 2.05) is 13.8 Å². The molecular weight excluding hydrogens is 1780 g/mol. The highest BCUT2D eigenvalue weighted by Gasteiger charge is 2.58. The highest BCUT2D eigenvalue weighted by atomic mass is 35.5. The van der Waals surface area contributed by atoms with Crippen LogP contribution in [0.1, 0.15) is 193 Å². The molecule has 6 aliphatic heterocycles. The van der Waals surface area contributed by atoms with Gasteiger partial charge in [0.15, 0.2) is 17.8 Å². The highest BCUT2D eigenvalue weighted by Crippen LogP contribution is 2.55. The van der Waals surface area contributed by atoms with Crippen LogP contribution in [0.4, 0.5) is 0 Å². The third kappa shape index (κ3) is 23.3. The van der Waals surface area contributed by atoms with Crippen LogP contribution in [0.25, 0.3) is 0 Å². The second-order valence-electron chi connectivity index (χ2n) is 40.3. The maximum absolute atomic E-state index is 16.8. The van der Waals surface area contributed by atoms with Crippen molar-refractivity contribution in [3.05, 3.63) is 42.0 Å². The Labute approximate surface area is 780 Å². The predicted octanol–water partition coefficient (Wildman–Crippen LogP) is 0.149. The fourth-order valence-corrected chi connectivity index (χ4v) is 25.7. The van der Waals surface area contributed by atoms with Crippen LogP contribution < -0.4 is 83.0 Å². The Kier molecular flexibility index (Phi) is 34.1. The van der Waals surface area contributed by atoms with Crippen molar-refractivity contribution in [2.24, 2.45) is 88.4 Å². The number of amides is 8. The summed E-state index contributed by atoms with van der Waals surface area (Å²) < 4.78 is 70.0. The zero-order chi connectivity index (χ0) is 94.6. The van der Waals surface area contributed by atoms with Crippen molar-refractivity contribution in [2.45, 2.75) is 337 Å². The second kappa shape index (κ2) is 44.4. The summed E-state index contributed by atoms with van der Waals surface area (Å²) >= 11 is 15.1. The molecule has 32 atom stereocenters. The second-order valence-corrected chi connectivity index (χ2v) is 43.2. The molecule has 2 aromatic carbocycles. The van der Waals surface area contributed by atoms with E-state index < -0.39 is 262 Å². The Hall–Kier alpha value is -6.67. The number of unbranched alkanes of at least 4 members (excludes halogenated alkanes) is 4. The lowest BCUT2D eigenvalue weighted by Gasteiger charge is -2.55. The molecule has 0 spiro atoms. The molecule has 132 heavy (non-hydrogen) atoms. The molecule has 738 valence electrons. The first kappa shape index (κ1) is 101. The highest BCUT2D eigenvalue weighted by molar-refractivity contribution is 7.89. The van der Waals surface area contributed by atoms with Crippen LogP contribution in [-0.4, -0.2) is 286 Å². The summed E-state index contributed by atoms with van der Waals surface area (Å²) in [6, 6.07) is -5.10. The van der Waals surface area contributed by atoms with E-state index in [4.69, 9.17) is 63.1 Å². The Morgan fingerprint density at radius 3 is 1.89 bits per heavy atom. The topological polar surface area (TPSA) is 580 Å². The smallest absolute Gasteiger partial charge is 0.247 e. The zero-order valence-electron chi connectivity index (χ0n) is 75.8. The lowest BCUT2D eigenvalue weighted by molar-refractivity contribution is -0.278. The maximum atomic E-state index is 16.8. The van der Waals surface area contributed by atoms with Gasteiger partial charge < -0.3 is 134 Å². The molecule has 6 heterocycles. The van der Waals surface area contributed by atoms with Crippen molar-refractivity contribution in [3.63, 3.8) is 0 Å². The molecule has 6 unspecified atom stereocenters. The molecule has 11 fully saturated rings. The number of alkyl halides is 2. The molecule has 0 radical (unpaired) electrons. The number of fused-ring (bicyclic) bond motifs is 15. The number of aliphatic hydroxyl groups excluding tert-OH is 9. The van der Waals surface area contributed by atoms with Gasteiger partial charge in [0, 0.05) is 56.6 Å². The van der Waals surface area contributed by atoms with Crippen LogP contribution in [0.2, 0.25) is 0 Å². The number of carbonyl (C=O) groups excluding carboxylic acids is 8. The number of primary amides is 1. The molecule has 9 aliphatic carbocycles. The standard InChI is InChI=1S/C92H140Cl2N12O25S/c1-6-7-8-9-10-23-126-52-14-16-53(17-15-52)132(124,125)99-22-21-98-39-56-63(109)36-55-71(82(56)115)54-30-45(11-18-62(54)108)73-88(119)106-77(92(123)104-75(55)90(121)101-72-48-26-43-25-44(28-48)29-49(72)27-43)80(113)47-13-20-65(58(94)32-47)129-67-34-50-33-66(84(67)130-68-35-51(40-107)81(114)83(116)85(68)131-70-37-59(95)78(111)42(4)127-70)128-64-19-12-46(31-57(64)93)79(112)76(105-86(117)60(97-5)24-41(2)3)91(122)100-61(38-69(96)110)87(118)102-74(50)89(120)103-73/h14-17,33-34,41-49,51,54-65,68,70-83,85,97-99,107-109,111-116H,6-13,18-32,35-40,95H2,1-5H3,(H2,96,110)(H,100,122)(H,101,121)(H,102,118)(H,103,120)(H,104,123)(H,105,117)(H,106,119)/t42-,43?,44?,45-,46-,47-,48?,49?,51+,54?,55?,56?,57+,58?,59-,60+,61-,62+,63?,64+,65+,68+,70-,71?,72?,73+,74+,75-,76+,77-,78+,79+,80+,81+,82-,83-,85-/m0/s1. The van der Waals surface area contributed by atoms with Crippen LogP contribution in [0.15, 0.2) is 41.3 Å². The van der Waals surface area contributed by atoms with Gasteiger partial charge in [-0.1, -0.05) is 46.5 Å². The molecule has 9 saturated carbocycles. The molecular formula is C92H140Cl2N12O25S. The van der Waals surface area contributed by atoms with Gasteiger partial charge in [0.2, 0.25) is 63.0 Å². The summed E-state index contributed by atoms with van der Waals surface area (Å²) in [5.41, 5.74) is 12.1. The average molecular weight is 1920 g/mol. The summed E-state index contributed by atoms with van der Waals surface area (Å²) in [5, 5.41) is 135. The lowest BCUT2D eigenvalue weighted by Crippen LogP contribution is -2.68. The van der Waals surface area contributed by atoms with Gasteiger partial charge in [0.25, 0.3) is 0 Å². The molecule has 15 aliphatic rings. The minimum Gasteiger partial charge on any atom is -0.494 e. The van der Waals surface area contributed by atoms with E-state index in [-0.39, 0.29) is 155 Å². The van der Waals surface area contributed by atoms with Crippen LogP contribution in [0, 0.1) is 76.9 Å². The minimum atomic E-state index is -4.08. The number of halogens is 2. The minimum absolute atomic E-state index is 0.00918. The van der Waals surface area contributed by atoms with Crippen LogP contribution >= 0.6 is 23.2 Å². The molecule has 40 heteroatoms. The Morgan fingerprint density at radius 1 is 0.636 bits per heavy atom.